The maximum Gasteiger partial charge on any atom is 0.330 e. The summed E-state index contributed by atoms with van der Waals surface area (Å²) >= 11 is 0. The Bertz CT molecular complexity index is 642. The number of hydrogen-bond acceptors (Lipinski definition) is 4. The van der Waals surface area contributed by atoms with Gasteiger partial charge in [0.25, 0.3) is 0 Å². The molecule has 0 aliphatic rings. The van der Waals surface area contributed by atoms with Crippen LogP contribution < -0.4 is 4.74 Å². The summed E-state index contributed by atoms with van der Waals surface area (Å²) in [5.74, 6) is 0.663. The van der Waals surface area contributed by atoms with Gasteiger partial charge in [-0.1, -0.05) is 24.3 Å². The molecular weight excluding hydrogens is 292 g/mol. The lowest BCUT2D eigenvalue weighted by Crippen LogP contribution is -2.03. The molecule has 2 aromatic carbocycles. The summed E-state index contributed by atoms with van der Waals surface area (Å²) in [6, 6.07) is 14.4. The van der Waals surface area contributed by atoms with Crippen LogP contribution in [0.5, 0.6) is 11.5 Å². The lowest BCUT2D eigenvalue weighted by Gasteiger charge is -2.04. The number of hydrogen-bond donors (Lipinski definition) is 1. The number of carbonyl (C=O) groups excluding carboxylic acids is 1. The average Bonchev–Trinajstić information content (AvgIpc) is 2.59. The molecule has 1 N–H and O–H groups in total. The fraction of sp³-hybridized carbons (Fsp3) is 0.211. The highest BCUT2D eigenvalue weighted by atomic mass is 16.5. The molecule has 0 amide bonds. The standard InChI is InChI=1S/C19H20O4/c1-22-18-11-6-15(7-12-18)3-2-14-23-19(21)13-8-16-4-9-17(20)10-5-16/h4-13,20H,2-3,14H2,1H3. The van der Waals surface area contributed by atoms with Crippen molar-refractivity contribution in [2.45, 2.75) is 12.8 Å². The number of methoxy groups -OCH3 is 1. The van der Waals surface area contributed by atoms with Crippen molar-refractivity contribution in [3.8, 4) is 11.5 Å². The molecular formula is C19H20O4. The van der Waals surface area contributed by atoms with Gasteiger partial charge >= 0.3 is 5.97 Å². The normalized spacial score (nSPS) is 10.7. The third-order valence-electron chi connectivity index (χ3n) is 3.32. The van der Waals surface area contributed by atoms with Gasteiger partial charge in [-0.3, -0.25) is 0 Å². The molecule has 4 heteroatoms. The second-order valence-electron chi connectivity index (χ2n) is 5.04. The van der Waals surface area contributed by atoms with Crippen molar-refractivity contribution < 1.29 is 19.4 Å². The molecule has 0 saturated carbocycles. The summed E-state index contributed by atoms with van der Waals surface area (Å²) in [7, 11) is 1.64. The molecule has 4 nitrogen and oxygen atoms in total. The fourth-order valence-electron chi connectivity index (χ4n) is 2.04. The maximum absolute atomic E-state index is 11.6. The number of phenolic OH excluding ortho intramolecular Hbond substituents is 1. The van der Waals surface area contributed by atoms with Gasteiger partial charge in [0.2, 0.25) is 0 Å². The predicted octanol–water partition coefficient (Wildman–Crippen LogP) is 3.59. The van der Waals surface area contributed by atoms with Crippen molar-refractivity contribution in [1.29, 1.82) is 0 Å². The Morgan fingerprint density at radius 1 is 1.09 bits per heavy atom. The highest BCUT2D eigenvalue weighted by Gasteiger charge is 1.99. The van der Waals surface area contributed by atoms with Gasteiger partial charge in [-0.2, -0.15) is 0 Å². The Morgan fingerprint density at radius 3 is 2.43 bits per heavy atom. The van der Waals surface area contributed by atoms with Crippen LogP contribution in [0.4, 0.5) is 0 Å². The molecule has 0 unspecified atom stereocenters. The van der Waals surface area contributed by atoms with Gasteiger partial charge in [0.15, 0.2) is 0 Å². The first-order valence-electron chi connectivity index (χ1n) is 7.44. The van der Waals surface area contributed by atoms with Gasteiger partial charge in [0.05, 0.1) is 13.7 Å². The van der Waals surface area contributed by atoms with Gasteiger partial charge < -0.3 is 14.6 Å². The number of aryl methyl sites for hydroxylation is 1. The van der Waals surface area contributed by atoms with E-state index in [-0.39, 0.29) is 11.7 Å². The van der Waals surface area contributed by atoms with E-state index in [1.54, 1.807) is 37.5 Å². The van der Waals surface area contributed by atoms with E-state index in [1.807, 2.05) is 24.3 Å². The number of ether oxygens (including phenoxy) is 2. The molecule has 0 saturated heterocycles. The van der Waals surface area contributed by atoms with Gasteiger partial charge in [0.1, 0.15) is 11.5 Å². The van der Waals surface area contributed by atoms with Gasteiger partial charge in [0, 0.05) is 6.08 Å². The third kappa shape index (κ3) is 5.87. The molecule has 0 bridgehead atoms. The molecule has 0 heterocycles. The molecule has 0 atom stereocenters. The smallest absolute Gasteiger partial charge is 0.330 e. The average molecular weight is 312 g/mol. The van der Waals surface area contributed by atoms with E-state index < -0.39 is 0 Å². The highest BCUT2D eigenvalue weighted by molar-refractivity contribution is 5.87. The molecule has 23 heavy (non-hydrogen) atoms. The Balaban J connectivity index is 1.68. The minimum Gasteiger partial charge on any atom is -0.508 e. The summed E-state index contributed by atoms with van der Waals surface area (Å²) in [4.78, 5) is 11.6. The summed E-state index contributed by atoms with van der Waals surface area (Å²) in [6.45, 7) is 0.380. The first-order chi connectivity index (χ1) is 11.2. The second kappa shape index (κ2) is 8.63. The van der Waals surface area contributed by atoms with E-state index >= 15 is 0 Å². The third-order valence-corrected chi connectivity index (χ3v) is 3.32. The molecule has 0 aliphatic carbocycles. The number of esters is 1. The number of benzene rings is 2. The molecule has 0 fully saturated rings. The molecule has 0 aliphatic heterocycles. The Labute approximate surface area is 136 Å². The van der Waals surface area contributed by atoms with Gasteiger partial charge in [-0.15, -0.1) is 0 Å². The minimum absolute atomic E-state index is 0.197. The maximum atomic E-state index is 11.6. The summed E-state index contributed by atoms with van der Waals surface area (Å²) in [6.07, 6.45) is 4.66. The van der Waals surface area contributed by atoms with Gasteiger partial charge in [-0.05, 0) is 54.3 Å². The number of carbonyl (C=O) groups is 1. The van der Waals surface area contributed by atoms with Crippen LogP contribution in [0.1, 0.15) is 17.5 Å². The van der Waals surface area contributed by atoms with Crippen LogP contribution in [-0.4, -0.2) is 24.8 Å². The predicted molar refractivity (Wildman–Crippen MR) is 89.4 cm³/mol. The molecule has 2 aromatic rings. The Hall–Kier alpha value is -2.75. The molecule has 0 radical (unpaired) electrons. The lowest BCUT2D eigenvalue weighted by molar-refractivity contribution is -0.137. The lowest BCUT2D eigenvalue weighted by atomic mass is 10.1. The summed E-state index contributed by atoms with van der Waals surface area (Å²) in [5.41, 5.74) is 2.01. The highest BCUT2D eigenvalue weighted by Crippen LogP contribution is 2.13. The Kier molecular flexibility index (Phi) is 6.24. The van der Waals surface area contributed by atoms with Gasteiger partial charge in [-0.25, -0.2) is 4.79 Å². The summed E-state index contributed by atoms with van der Waals surface area (Å²) in [5, 5.41) is 9.18. The van der Waals surface area contributed by atoms with E-state index in [9.17, 15) is 9.90 Å². The summed E-state index contributed by atoms with van der Waals surface area (Å²) < 4.78 is 10.3. The molecule has 0 aromatic heterocycles. The van der Waals surface area contributed by atoms with Crippen LogP contribution in [0, 0.1) is 0 Å². The monoisotopic (exact) mass is 312 g/mol. The Morgan fingerprint density at radius 2 is 1.78 bits per heavy atom. The number of phenols is 1. The number of aromatic hydroxyl groups is 1. The van der Waals surface area contributed by atoms with Crippen LogP contribution in [0.3, 0.4) is 0 Å². The zero-order valence-corrected chi connectivity index (χ0v) is 13.1. The van der Waals surface area contributed by atoms with Crippen molar-refractivity contribution in [2.75, 3.05) is 13.7 Å². The first-order valence-corrected chi connectivity index (χ1v) is 7.44. The van der Waals surface area contributed by atoms with E-state index in [2.05, 4.69) is 0 Å². The minimum atomic E-state index is -0.368. The van der Waals surface area contributed by atoms with Crippen molar-refractivity contribution in [2.24, 2.45) is 0 Å². The molecule has 2 rings (SSSR count). The van der Waals surface area contributed by atoms with Crippen molar-refractivity contribution in [1.82, 2.24) is 0 Å². The van der Waals surface area contributed by atoms with Crippen LogP contribution in [-0.2, 0) is 16.0 Å². The second-order valence-corrected chi connectivity index (χ2v) is 5.04. The first kappa shape index (κ1) is 16.6. The van der Waals surface area contributed by atoms with Crippen LogP contribution in [0.2, 0.25) is 0 Å². The SMILES string of the molecule is COc1ccc(CCCOC(=O)C=Cc2ccc(O)cc2)cc1. The van der Waals surface area contributed by atoms with E-state index in [0.29, 0.717) is 6.61 Å². The van der Waals surface area contributed by atoms with E-state index in [0.717, 1.165) is 24.2 Å². The number of rotatable bonds is 7. The molecule has 120 valence electrons. The molecule has 0 spiro atoms. The fourth-order valence-corrected chi connectivity index (χ4v) is 2.04. The quantitative estimate of drug-likeness (QED) is 0.482. The zero-order chi connectivity index (χ0) is 16.5. The van der Waals surface area contributed by atoms with Crippen LogP contribution in [0.15, 0.2) is 54.6 Å². The van der Waals surface area contributed by atoms with Crippen LogP contribution >= 0.6 is 0 Å². The van der Waals surface area contributed by atoms with E-state index in [1.165, 1.54) is 11.6 Å². The largest absolute Gasteiger partial charge is 0.508 e. The van der Waals surface area contributed by atoms with E-state index in [4.69, 9.17) is 9.47 Å². The van der Waals surface area contributed by atoms with Crippen LogP contribution in [0.25, 0.3) is 6.08 Å². The van der Waals surface area contributed by atoms with Crippen molar-refractivity contribution >= 4 is 12.0 Å². The zero-order valence-electron chi connectivity index (χ0n) is 13.1. The topological polar surface area (TPSA) is 55.8 Å². The van der Waals surface area contributed by atoms with Crippen molar-refractivity contribution in [3.05, 3.63) is 65.7 Å². The van der Waals surface area contributed by atoms with Crippen molar-refractivity contribution in [3.63, 3.8) is 0 Å².